The highest BCUT2D eigenvalue weighted by atomic mass is 32.2. The minimum Gasteiger partial charge on any atom is -0.480 e. The van der Waals surface area contributed by atoms with E-state index in [9.17, 15) is 26.4 Å². The Hall–Kier alpha value is -1.95. The molecule has 0 saturated carbocycles. The Morgan fingerprint density at radius 2 is 1.96 bits per heavy atom. The standard InChI is InChI=1S/C17H19F3N2O4S2/c1-2-14(15(23)24)22-28(25,26)16-12(6-7-27-16)10-21-9-11-4-3-5-13(8-11)17(18,19)20/h3-8,14,21-22H,2,9-10H2,1H3,(H,23,24). The Kier molecular flexibility index (Phi) is 7.21. The number of sulfonamides is 1. The largest absolute Gasteiger partial charge is 0.480 e. The van der Waals surface area contributed by atoms with Crippen LogP contribution in [-0.2, 0) is 34.1 Å². The number of carboxylic acids is 1. The van der Waals surface area contributed by atoms with Gasteiger partial charge in [0.05, 0.1) is 5.56 Å². The first kappa shape index (κ1) is 22.3. The summed E-state index contributed by atoms with van der Waals surface area (Å²) < 4.78 is 65.3. The van der Waals surface area contributed by atoms with Gasteiger partial charge in [0, 0.05) is 13.1 Å². The maximum atomic E-state index is 12.8. The molecule has 0 radical (unpaired) electrons. The number of alkyl halides is 3. The molecule has 0 aliphatic rings. The van der Waals surface area contributed by atoms with Crippen molar-refractivity contribution in [1.29, 1.82) is 0 Å². The van der Waals surface area contributed by atoms with Crippen LogP contribution in [0.1, 0.15) is 30.0 Å². The molecule has 1 aromatic carbocycles. The number of rotatable bonds is 9. The Labute approximate surface area is 164 Å². The molecule has 3 N–H and O–H groups in total. The first-order valence-electron chi connectivity index (χ1n) is 8.23. The lowest BCUT2D eigenvalue weighted by Crippen LogP contribution is -2.40. The summed E-state index contributed by atoms with van der Waals surface area (Å²) in [5, 5.41) is 13.5. The second-order valence-corrected chi connectivity index (χ2v) is 8.78. The van der Waals surface area contributed by atoms with E-state index in [1.807, 2.05) is 0 Å². The van der Waals surface area contributed by atoms with Crippen LogP contribution in [0.5, 0.6) is 0 Å². The summed E-state index contributed by atoms with van der Waals surface area (Å²) in [6.07, 6.45) is -4.35. The molecule has 1 atom stereocenters. The van der Waals surface area contributed by atoms with Crippen LogP contribution in [0, 0.1) is 0 Å². The predicted molar refractivity (Wildman–Crippen MR) is 98.3 cm³/mol. The minimum atomic E-state index is -4.43. The van der Waals surface area contributed by atoms with Gasteiger partial charge >= 0.3 is 12.1 Å². The SMILES string of the molecule is CCC(NS(=O)(=O)c1sccc1CNCc1cccc(C(F)(F)F)c1)C(=O)O. The van der Waals surface area contributed by atoms with Crippen molar-refractivity contribution < 1.29 is 31.5 Å². The van der Waals surface area contributed by atoms with Crippen molar-refractivity contribution in [2.24, 2.45) is 0 Å². The molecule has 2 rings (SSSR count). The van der Waals surface area contributed by atoms with E-state index in [0.717, 1.165) is 23.5 Å². The maximum absolute atomic E-state index is 12.8. The molecule has 0 saturated heterocycles. The minimum absolute atomic E-state index is 0.0243. The summed E-state index contributed by atoms with van der Waals surface area (Å²) in [7, 11) is -4.03. The van der Waals surface area contributed by atoms with Gasteiger partial charge in [-0.25, -0.2) is 8.42 Å². The van der Waals surface area contributed by atoms with Crippen LogP contribution in [0.3, 0.4) is 0 Å². The summed E-state index contributed by atoms with van der Waals surface area (Å²) in [5.41, 5.74) is 0.0586. The van der Waals surface area contributed by atoms with Gasteiger partial charge in [0.25, 0.3) is 10.0 Å². The van der Waals surface area contributed by atoms with E-state index in [4.69, 9.17) is 5.11 Å². The average molecular weight is 436 g/mol. The van der Waals surface area contributed by atoms with Crippen molar-refractivity contribution in [3.05, 3.63) is 52.4 Å². The molecule has 154 valence electrons. The van der Waals surface area contributed by atoms with Crippen LogP contribution in [0.2, 0.25) is 0 Å². The summed E-state index contributed by atoms with van der Waals surface area (Å²) in [5.74, 6) is -1.27. The smallest absolute Gasteiger partial charge is 0.416 e. The molecule has 1 heterocycles. The number of thiophene rings is 1. The van der Waals surface area contributed by atoms with E-state index >= 15 is 0 Å². The topological polar surface area (TPSA) is 95.5 Å². The molecule has 2 aromatic rings. The van der Waals surface area contributed by atoms with Crippen molar-refractivity contribution in [1.82, 2.24) is 10.0 Å². The summed E-state index contributed by atoms with van der Waals surface area (Å²) in [4.78, 5) is 11.1. The summed E-state index contributed by atoms with van der Waals surface area (Å²) >= 11 is 0.941. The molecule has 0 spiro atoms. The second kappa shape index (κ2) is 9.03. The lowest BCUT2D eigenvalue weighted by Gasteiger charge is -2.13. The highest BCUT2D eigenvalue weighted by Crippen LogP contribution is 2.29. The zero-order valence-electron chi connectivity index (χ0n) is 14.8. The third kappa shape index (κ3) is 5.77. The Balaban J connectivity index is 2.06. The molecule has 11 heteroatoms. The molecule has 6 nitrogen and oxygen atoms in total. The van der Waals surface area contributed by atoms with Gasteiger partial charge in [-0.1, -0.05) is 25.1 Å². The molecule has 0 amide bonds. The van der Waals surface area contributed by atoms with Crippen LogP contribution >= 0.6 is 11.3 Å². The molecule has 0 aliphatic carbocycles. The number of carboxylic acid groups (broad SMARTS) is 1. The first-order valence-corrected chi connectivity index (χ1v) is 10.6. The van der Waals surface area contributed by atoms with Gasteiger partial charge in [-0.3, -0.25) is 4.79 Å². The van der Waals surface area contributed by atoms with E-state index in [1.54, 1.807) is 18.4 Å². The molecule has 28 heavy (non-hydrogen) atoms. The van der Waals surface area contributed by atoms with Gasteiger partial charge in [-0.05, 0) is 35.1 Å². The number of nitrogens with one attached hydrogen (secondary N) is 2. The molecular formula is C17H19F3N2O4S2. The third-order valence-electron chi connectivity index (χ3n) is 3.85. The summed E-state index contributed by atoms with van der Waals surface area (Å²) in [6, 6.07) is 5.18. The number of hydrogen-bond acceptors (Lipinski definition) is 5. The molecular weight excluding hydrogens is 417 g/mol. The highest BCUT2D eigenvalue weighted by Gasteiger charge is 2.30. The second-order valence-electron chi connectivity index (χ2n) is 5.96. The molecule has 0 aliphatic heterocycles. The Morgan fingerprint density at radius 1 is 1.25 bits per heavy atom. The van der Waals surface area contributed by atoms with Crippen LogP contribution in [0.4, 0.5) is 13.2 Å². The lowest BCUT2D eigenvalue weighted by atomic mass is 10.1. The van der Waals surface area contributed by atoms with E-state index < -0.39 is 33.8 Å². The van der Waals surface area contributed by atoms with Crippen molar-refractivity contribution in [3.63, 3.8) is 0 Å². The van der Waals surface area contributed by atoms with Crippen molar-refractivity contribution in [2.45, 2.75) is 42.9 Å². The van der Waals surface area contributed by atoms with Gasteiger partial charge < -0.3 is 10.4 Å². The first-order chi connectivity index (χ1) is 13.0. The quantitative estimate of drug-likeness (QED) is 0.561. The van der Waals surface area contributed by atoms with E-state index in [2.05, 4.69) is 10.0 Å². The number of halogens is 3. The highest BCUT2D eigenvalue weighted by molar-refractivity contribution is 7.91. The van der Waals surface area contributed by atoms with Crippen LogP contribution in [-0.4, -0.2) is 25.5 Å². The van der Waals surface area contributed by atoms with Gasteiger partial charge in [0.2, 0.25) is 0 Å². The monoisotopic (exact) mass is 436 g/mol. The fourth-order valence-electron chi connectivity index (χ4n) is 2.44. The number of benzene rings is 1. The van der Waals surface area contributed by atoms with Crippen molar-refractivity contribution in [3.8, 4) is 0 Å². The van der Waals surface area contributed by atoms with Crippen LogP contribution in [0.25, 0.3) is 0 Å². The summed E-state index contributed by atoms with van der Waals surface area (Å²) in [6.45, 7) is 1.76. The third-order valence-corrected chi connectivity index (χ3v) is 6.89. The molecule has 1 aromatic heterocycles. The maximum Gasteiger partial charge on any atom is 0.416 e. The number of carbonyl (C=O) groups is 1. The predicted octanol–water partition coefficient (Wildman–Crippen LogP) is 3.20. The molecule has 0 bridgehead atoms. The van der Waals surface area contributed by atoms with Gasteiger partial charge in [0.15, 0.2) is 0 Å². The van der Waals surface area contributed by atoms with Crippen LogP contribution < -0.4 is 10.0 Å². The zero-order valence-corrected chi connectivity index (χ0v) is 16.4. The van der Waals surface area contributed by atoms with E-state index in [0.29, 0.717) is 11.1 Å². The lowest BCUT2D eigenvalue weighted by molar-refractivity contribution is -0.139. The van der Waals surface area contributed by atoms with E-state index in [1.165, 1.54) is 12.1 Å². The normalized spacial score (nSPS) is 13.4. The molecule has 0 fully saturated rings. The Bertz CT molecular complexity index is 926. The fraction of sp³-hybridized carbons (Fsp3) is 0.353. The van der Waals surface area contributed by atoms with Crippen molar-refractivity contribution >= 4 is 27.3 Å². The number of aliphatic carboxylic acids is 1. The number of hydrogen-bond donors (Lipinski definition) is 3. The average Bonchev–Trinajstić information content (AvgIpc) is 3.08. The van der Waals surface area contributed by atoms with Crippen molar-refractivity contribution in [2.75, 3.05) is 0 Å². The van der Waals surface area contributed by atoms with Crippen LogP contribution in [0.15, 0.2) is 39.9 Å². The molecule has 1 unspecified atom stereocenters. The fourth-order valence-corrected chi connectivity index (χ4v) is 5.14. The van der Waals surface area contributed by atoms with E-state index in [-0.39, 0.29) is 23.7 Å². The van der Waals surface area contributed by atoms with Gasteiger partial charge in [-0.2, -0.15) is 17.9 Å². The zero-order chi connectivity index (χ0) is 20.9. The Morgan fingerprint density at radius 3 is 2.57 bits per heavy atom. The van der Waals surface area contributed by atoms with Gasteiger partial charge in [-0.15, -0.1) is 11.3 Å². The van der Waals surface area contributed by atoms with Gasteiger partial charge in [0.1, 0.15) is 10.3 Å².